The van der Waals surface area contributed by atoms with Crippen molar-refractivity contribution in [2.45, 2.75) is 6.42 Å². The lowest BCUT2D eigenvalue weighted by molar-refractivity contribution is 1.26. The summed E-state index contributed by atoms with van der Waals surface area (Å²) in [6, 6.07) is 0. The van der Waals surface area contributed by atoms with Crippen molar-refractivity contribution in [2.75, 3.05) is 5.73 Å². The van der Waals surface area contributed by atoms with Crippen LogP contribution in [0.4, 0.5) is 5.13 Å². The molecule has 0 radical (unpaired) electrons. The first-order chi connectivity index (χ1) is 6.75. The standard InChI is InChI=1S/C10H7BrN2S.HI/c11-7-3-1-2-5-6(7)4-8-9(5)13-10(12)14-8;/h1,3-4H,2H2,(H2,12,13);1H. The van der Waals surface area contributed by atoms with Gasteiger partial charge in [0, 0.05) is 4.48 Å². The van der Waals surface area contributed by atoms with Crippen LogP contribution >= 0.6 is 51.2 Å². The monoisotopic (exact) mass is 394 g/mol. The molecule has 0 fully saturated rings. The molecular weight excluding hydrogens is 387 g/mol. The number of halogens is 2. The molecule has 0 bridgehead atoms. The van der Waals surface area contributed by atoms with Crippen LogP contribution in [0.3, 0.4) is 0 Å². The SMILES string of the molecule is I.Nc1nc2c(s1)=CC1=C(Br)C=CCC=21. The number of fused-ring (bicyclic) bond motifs is 2. The predicted molar refractivity (Wildman–Crippen MR) is 78.8 cm³/mol. The van der Waals surface area contributed by atoms with E-state index in [1.165, 1.54) is 15.7 Å². The maximum atomic E-state index is 5.67. The van der Waals surface area contributed by atoms with Crippen LogP contribution in [0.15, 0.2) is 22.2 Å². The number of nitrogens with zero attached hydrogens (tertiary/aromatic N) is 1. The van der Waals surface area contributed by atoms with E-state index in [-0.39, 0.29) is 24.0 Å². The lowest BCUT2D eigenvalue weighted by Crippen LogP contribution is -2.19. The smallest absolute Gasteiger partial charge is 0.181 e. The van der Waals surface area contributed by atoms with Crippen LogP contribution in [0, 0.1) is 0 Å². The van der Waals surface area contributed by atoms with Gasteiger partial charge in [0.15, 0.2) is 5.13 Å². The molecule has 5 heteroatoms. The average Bonchev–Trinajstić information content (AvgIpc) is 2.63. The molecule has 1 aromatic heterocycles. The fourth-order valence-electron chi connectivity index (χ4n) is 1.80. The highest BCUT2D eigenvalue weighted by Crippen LogP contribution is 2.31. The molecule has 2 N–H and O–H groups in total. The Bertz CT molecular complexity index is 597. The van der Waals surface area contributed by atoms with Gasteiger partial charge in [-0.05, 0) is 23.6 Å². The normalized spacial score (nSPS) is 17.0. The summed E-state index contributed by atoms with van der Waals surface area (Å²) < 4.78 is 2.33. The summed E-state index contributed by atoms with van der Waals surface area (Å²) in [5.41, 5.74) is 8.23. The summed E-state index contributed by atoms with van der Waals surface area (Å²) in [6.45, 7) is 0. The Morgan fingerprint density at radius 2 is 2.27 bits per heavy atom. The lowest BCUT2D eigenvalue weighted by atomic mass is 10.0. The number of nitrogen functional groups attached to an aromatic ring is 1. The van der Waals surface area contributed by atoms with Gasteiger partial charge >= 0.3 is 0 Å². The third-order valence-corrected chi connectivity index (χ3v) is 3.92. The van der Waals surface area contributed by atoms with E-state index in [1.807, 2.05) is 0 Å². The first-order valence-corrected chi connectivity index (χ1v) is 5.90. The molecule has 2 aliphatic rings. The number of hydrogen-bond donors (Lipinski definition) is 1. The second-order valence-electron chi connectivity index (χ2n) is 3.26. The van der Waals surface area contributed by atoms with Gasteiger partial charge in [-0.1, -0.05) is 39.4 Å². The number of hydrogen-bond acceptors (Lipinski definition) is 3. The molecule has 1 aromatic rings. The van der Waals surface area contributed by atoms with E-state index in [2.05, 4.69) is 39.1 Å². The van der Waals surface area contributed by atoms with E-state index >= 15 is 0 Å². The Labute approximate surface area is 116 Å². The first kappa shape index (κ1) is 11.3. The quantitative estimate of drug-likeness (QED) is 0.682. The zero-order valence-corrected chi connectivity index (χ0v) is 12.4. The molecule has 2 nitrogen and oxygen atoms in total. The Balaban J connectivity index is 0.000000853. The van der Waals surface area contributed by atoms with Crippen molar-refractivity contribution in [3.63, 3.8) is 0 Å². The molecule has 1 heterocycles. The van der Waals surface area contributed by atoms with Crippen LogP contribution in [0.1, 0.15) is 6.42 Å². The van der Waals surface area contributed by atoms with Gasteiger partial charge in [0.1, 0.15) is 0 Å². The third-order valence-electron chi connectivity index (χ3n) is 2.40. The van der Waals surface area contributed by atoms with Crippen molar-refractivity contribution in [3.8, 4) is 0 Å². The van der Waals surface area contributed by atoms with Crippen molar-refractivity contribution in [2.24, 2.45) is 0 Å². The number of thiazole rings is 1. The van der Waals surface area contributed by atoms with Crippen molar-refractivity contribution in [1.82, 2.24) is 4.98 Å². The van der Waals surface area contributed by atoms with Gasteiger partial charge in [0.05, 0.1) is 9.88 Å². The summed E-state index contributed by atoms with van der Waals surface area (Å²) in [5.74, 6) is 0. The molecule has 0 saturated carbocycles. The molecular formula is C10H8BrIN2S. The molecule has 0 aromatic carbocycles. The largest absolute Gasteiger partial charge is 0.375 e. The van der Waals surface area contributed by atoms with E-state index in [0.29, 0.717) is 5.13 Å². The number of anilines is 1. The molecule has 0 spiro atoms. The van der Waals surface area contributed by atoms with Crippen LogP contribution in [0.2, 0.25) is 0 Å². The van der Waals surface area contributed by atoms with Gasteiger partial charge < -0.3 is 5.73 Å². The minimum absolute atomic E-state index is 0. The van der Waals surface area contributed by atoms with Crippen LogP contribution < -0.4 is 15.6 Å². The number of nitrogens with two attached hydrogens (primary N) is 1. The highest BCUT2D eigenvalue weighted by molar-refractivity contribution is 14.0. The van der Waals surface area contributed by atoms with Crippen molar-refractivity contribution >= 4 is 68.0 Å². The van der Waals surface area contributed by atoms with Gasteiger partial charge in [-0.15, -0.1) is 24.0 Å². The molecule has 2 aliphatic carbocycles. The Hall–Kier alpha value is -0.140. The fourth-order valence-corrected chi connectivity index (χ4v) is 3.14. The maximum Gasteiger partial charge on any atom is 0.181 e. The number of allylic oxidation sites excluding steroid dienone is 4. The molecule has 0 unspecified atom stereocenters. The summed E-state index contributed by atoms with van der Waals surface area (Å²) >= 11 is 5.10. The second-order valence-corrected chi connectivity index (χ2v) is 5.17. The Morgan fingerprint density at radius 1 is 1.47 bits per heavy atom. The lowest BCUT2D eigenvalue weighted by Gasteiger charge is -2.08. The molecule has 3 rings (SSSR count). The maximum absolute atomic E-state index is 5.67. The number of aromatic nitrogens is 1. The molecule has 0 saturated heterocycles. The number of rotatable bonds is 0. The van der Waals surface area contributed by atoms with Gasteiger partial charge in [0.25, 0.3) is 0 Å². The van der Waals surface area contributed by atoms with Crippen molar-refractivity contribution in [3.05, 3.63) is 32.1 Å². The minimum Gasteiger partial charge on any atom is -0.375 e. The van der Waals surface area contributed by atoms with Gasteiger partial charge in [-0.3, -0.25) is 0 Å². The third kappa shape index (κ3) is 1.70. The molecule has 0 amide bonds. The first-order valence-electron chi connectivity index (χ1n) is 4.29. The second kappa shape index (κ2) is 4.03. The van der Waals surface area contributed by atoms with E-state index in [9.17, 15) is 0 Å². The highest BCUT2D eigenvalue weighted by Gasteiger charge is 2.18. The van der Waals surface area contributed by atoms with E-state index in [0.717, 1.165) is 16.3 Å². The molecule has 0 atom stereocenters. The van der Waals surface area contributed by atoms with Crippen LogP contribution in [-0.2, 0) is 0 Å². The summed E-state index contributed by atoms with van der Waals surface area (Å²) in [4.78, 5) is 4.35. The summed E-state index contributed by atoms with van der Waals surface area (Å²) in [6.07, 6.45) is 7.35. The molecule has 78 valence electrons. The Kier molecular flexibility index (Phi) is 3.05. The summed E-state index contributed by atoms with van der Waals surface area (Å²) in [7, 11) is 0. The Morgan fingerprint density at radius 3 is 3.07 bits per heavy atom. The van der Waals surface area contributed by atoms with E-state index in [4.69, 9.17) is 5.73 Å². The highest BCUT2D eigenvalue weighted by atomic mass is 127. The zero-order chi connectivity index (χ0) is 9.71. The van der Waals surface area contributed by atoms with Crippen LogP contribution in [0.5, 0.6) is 0 Å². The van der Waals surface area contributed by atoms with Gasteiger partial charge in [-0.25, -0.2) is 4.98 Å². The van der Waals surface area contributed by atoms with Crippen LogP contribution in [0.25, 0.3) is 11.6 Å². The van der Waals surface area contributed by atoms with Gasteiger partial charge in [-0.2, -0.15) is 0 Å². The van der Waals surface area contributed by atoms with Crippen molar-refractivity contribution in [1.29, 1.82) is 0 Å². The predicted octanol–water partition coefficient (Wildman–Crippen LogP) is 1.90. The van der Waals surface area contributed by atoms with E-state index < -0.39 is 0 Å². The zero-order valence-electron chi connectivity index (χ0n) is 7.66. The van der Waals surface area contributed by atoms with E-state index in [1.54, 1.807) is 11.3 Å². The van der Waals surface area contributed by atoms with Gasteiger partial charge in [0.2, 0.25) is 0 Å². The minimum atomic E-state index is 0. The summed E-state index contributed by atoms with van der Waals surface area (Å²) in [5, 5.41) is 1.73. The fraction of sp³-hybridized carbons (Fsp3) is 0.100. The van der Waals surface area contributed by atoms with Crippen molar-refractivity contribution < 1.29 is 0 Å². The average molecular weight is 395 g/mol. The topological polar surface area (TPSA) is 38.9 Å². The van der Waals surface area contributed by atoms with Crippen LogP contribution in [-0.4, -0.2) is 4.98 Å². The molecule has 0 aliphatic heterocycles. The molecule has 15 heavy (non-hydrogen) atoms.